The average molecular weight is 606 g/mol. The van der Waals surface area contributed by atoms with Crippen molar-refractivity contribution in [2.45, 2.75) is 136 Å². The normalized spacial score (nSPS) is 14.1. The Hall–Kier alpha value is -3.22. The smallest absolute Gasteiger partial charge is 0.321 e. The molecule has 2 aromatic rings. The van der Waals surface area contributed by atoms with Gasteiger partial charge in [-0.1, -0.05) is 148 Å². The summed E-state index contributed by atoms with van der Waals surface area (Å²) in [6.07, 6.45) is 21.1. The summed E-state index contributed by atoms with van der Waals surface area (Å²) in [6.45, 7) is 6.46. The molecule has 2 atom stereocenters. The van der Waals surface area contributed by atoms with E-state index < -0.39 is 29.8 Å². The van der Waals surface area contributed by atoms with Crippen molar-refractivity contribution >= 4 is 34.5 Å². The predicted octanol–water partition coefficient (Wildman–Crippen LogP) is 8.94. The number of nitrogens with zero attached hydrogens (tertiary/aromatic N) is 1. The fraction of sp³-hybridized carbons (Fsp3) is 0.622. The van der Waals surface area contributed by atoms with Crippen LogP contribution in [0.1, 0.15) is 151 Å². The fourth-order valence-corrected chi connectivity index (χ4v) is 6.16. The van der Waals surface area contributed by atoms with E-state index >= 15 is 0 Å². The van der Waals surface area contributed by atoms with Gasteiger partial charge in [0.15, 0.2) is 0 Å². The Labute approximate surface area is 264 Å². The molecule has 0 spiro atoms. The van der Waals surface area contributed by atoms with Gasteiger partial charge in [-0.3, -0.25) is 24.6 Å². The molecular weight excluding hydrogens is 550 g/mol. The second-order valence-corrected chi connectivity index (χ2v) is 12.6. The number of benzene rings is 2. The van der Waals surface area contributed by atoms with E-state index in [-0.39, 0.29) is 5.92 Å². The average Bonchev–Trinajstić information content (AvgIpc) is 3.25. The van der Waals surface area contributed by atoms with E-state index in [1.54, 1.807) is 12.1 Å². The van der Waals surface area contributed by atoms with Crippen LogP contribution < -0.4 is 10.6 Å². The second-order valence-electron chi connectivity index (χ2n) is 12.6. The van der Waals surface area contributed by atoms with Crippen molar-refractivity contribution in [3.63, 3.8) is 0 Å². The van der Waals surface area contributed by atoms with Gasteiger partial charge in [0.2, 0.25) is 0 Å². The molecule has 0 radical (unpaired) electrons. The van der Waals surface area contributed by atoms with Crippen LogP contribution in [0.2, 0.25) is 0 Å². The third kappa shape index (κ3) is 10.4. The fourth-order valence-electron chi connectivity index (χ4n) is 6.16. The molecule has 1 heterocycles. The number of hydrogen-bond acceptors (Lipinski definition) is 4. The Morgan fingerprint density at radius 3 is 1.55 bits per heavy atom. The van der Waals surface area contributed by atoms with Gasteiger partial charge in [-0.2, -0.15) is 0 Å². The molecule has 0 bridgehead atoms. The van der Waals surface area contributed by atoms with Crippen LogP contribution in [0.3, 0.4) is 0 Å². The Kier molecular flexibility index (Phi) is 15.4. The van der Waals surface area contributed by atoms with Crippen LogP contribution in [0.15, 0.2) is 36.4 Å². The summed E-state index contributed by atoms with van der Waals surface area (Å²) in [4.78, 5) is 53.6. The van der Waals surface area contributed by atoms with Gasteiger partial charge in [-0.05, 0) is 35.2 Å². The zero-order chi connectivity index (χ0) is 31.7. The van der Waals surface area contributed by atoms with E-state index in [1.807, 2.05) is 38.1 Å². The number of carbonyl (C=O) groups is 4. The molecule has 0 saturated carbocycles. The number of rotatable bonds is 21. The molecule has 242 valence electrons. The van der Waals surface area contributed by atoms with Crippen LogP contribution in [0.5, 0.6) is 0 Å². The van der Waals surface area contributed by atoms with Gasteiger partial charge in [0.25, 0.3) is 17.7 Å². The van der Waals surface area contributed by atoms with E-state index in [1.165, 1.54) is 83.5 Å². The summed E-state index contributed by atoms with van der Waals surface area (Å²) in [7, 11) is 0. The third-order valence-corrected chi connectivity index (χ3v) is 9.07. The molecule has 2 aromatic carbocycles. The molecule has 0 fully saturated rings. The first-order valence-corrected chi connectivity index (χ1v) is 17.4. The van der Waals surface area contributed by atoms with Crippen molar-refractivity contribution in [1.82, 2.24) is 15.5 Å². The zero-order valence-corrected chi connectivity index (χ0v) is 27.4. The number of nitrogens with one attached hydrogen (secondary N) is 2. The molecule has 7 nitrogen and oxygen atoms in total. The maximum absolute atomic E-state index is 13.4. The van der Waals surface area contributed by atoms with E-state index in [4.69, 9.17) is 0 Å². The van der Waals surface area contributed by atoms with E-state index in [0.717, 1.165) is 34.9 Å². The van der Waals surface area contributed by atoms with E-state index in [2.05, 4.69) is 17.6 Å². The minimum absolute atomic E-state index is 0.294. The Morgan fingerprint density at radius 2 is 1.11 bits per heavy atom. The van der Waals surface area contributed by atoms with Crippen molar-refractivity contribution < 1.29 is 19.2 Å². The third-order valence-electron chi connectivity index (χ3n) is 9.07. The summed E-state index contributed by atoms with van der Waals surface area (Å²) in [5.74, 6) is -1.95. The molecule has 0 saturated heterocycles. The Morgan fingerprint density at radius 1 is 0.682 bits per heavy atom. The molecule has 0 aromatic heterocycles. The topological polar surface area (TPSA) is 95.6 Å². The van der Waals surface area contributed by atoms with Crippen molar-refractivity contribution in [2.75, 3.05) is 6.54 Å². The molecule has 0 unspecified atom stereocenters. The lowest BCUT2D eigenvalue weighted by molar-refractivity contribution is -0.125. The molecule has 1 aliphatic rings. The van der Waals surface area contributed by atoms with Crippen molar-refractivity contribution in [3.05, 3.63) is 47.5 Å². The molecule has 44 heavy (non-hydrogen) atoms. The van der Waals surface area contributed by atoms with Gasteiger partial charge < -0.3 is 5.32 Å². The number of urea groups is 1. The second kappa shape index (κ2) is 19.2. The standard InChI is InChI=1S/C37H55N3O4/c1-4-6-7-8-9-10-11-12-13-14-15-16-17-18-19-22-25-38-37(44)39-34(41)33(28(3)5-2)40-35(42)31-26-29-23-20-21-24-30(29)27-32(31)36(40)43/h20-21,23-24,26-28,33H,4-19,22,25H2,1-3H3,(H2,38,39,41,44)/t28-,33+/m0/s1. The molecular formula is C37H55N3O4. The van der Waals surface area contributed by atoms with E-state index in [9.17, 15) is 19.2 Å². The Bertz CT molecular complexity index is 1170. The van der Waals surface area contributed by atoms with Crippen molar-refractivity contribution in [1.29, 1.82) is 0 Å². The van der Waals surface area contributed by atoms with Crippen LogP contribution in [0.25, 0.3) is 10.8 Å². The molecule has 0 aliphatic carbocycles. The van der Waals surface area contributed by atoms with Gasteiger partial charge >= 0.3 is 6.03 Å². The predicted molar refractivity (Wildman–Crippen MR) is 179 cm³/mol. The summed E-state index contributed by atoms with van der Waals surface area (Å²) < 4.78 is 0. The molecule has 5 amide bonds. The molecule has 1 aliphatic heterocycles. The van der Waals surface area contributed by atoms with Crippen LogP contribution in [-0.4, -0.2) is 41.2 Å². The minimum Gasteiger partial charge on any atom is -0.338 e. The maximum atomic E-state index is 13.4. The van der Waals surface area contributed by atoms with Crippen LogP contribution in [0.4, 0.5) is 4.79 Å². The number of imide groups is 2. The lowest BCUT2D eigenvalue weighted by Gasteiger charge is -2.29. The highest BCUT2D eigenvalue weighted by molar-refractivity contribution is 6.24. The lowest BCUT2D eigenvalue weighted by Crippen LogP contribution is -2.55. The van der Waals surface area contributed by atoms with Crippen molar-refractivity contribution in [2.24, 2.45) is 5.92 Å². The van der Waals surface area contributed by atoms with Crippen LogP contribution >= 0.6 is 0 Å². The number of carbonyl (C=O) groups excluding carboxylic acids is 4. The quantitative estimate of drug-likeness (QED) is 0.110. The number of hydrogen-bond donors (Lipinski definition) is 2. The van der Waals surface area contributed by atoms with Crippen LogP contribution in [-0.2, 0) is 4.79 Å². The van der Waals surface area contributed by atoms with E-state index in [0.29, 0.717) is 24.1 Å². The van der Waals surface area contributed by atoms with Gasteiger partial charge in [0.05, 0.1) is 11.1 Å². The first-order valence-electron chi connectivity index (χ1n) is 17.4. The molecule has 3 rings (SSSR count). The highest BCUT2D eigenvalue weighted by Crippen LogP contribution is 2.31. The highest BCUT2D eigenvalue weighted by Gasteiger charge is 2.45. The minimum atomic E-state index is -1.07. The number of fused-ring (bicyclic) bond motifs is 2. The van der Waals surface area contributed by atoms with Gasteiger partial charge in [-0.25, -0.2) is 4.79 Å². The van der Waals surface area contributed by atoms with Crippen molar-refractivity contribution in [3.8, 4) is 0 Å². The first kappa shape index (κ1) is 35.3. The number of unbranched alkanes of at least 4 members (excludes halogenated alkanes) is 15. The first-order chi connectivity index (χ1) is 21.4. The monoisotopic (exact) mass is 605 g/mol. The van der Waals surface area contributed by atoms with Crippen LogP contribution in [0, 0.1) is 5.92 Å². The Balaban J connectivity index is 1.32. The summed E-state index contributed by atoms with van der Waals surface area (Å²) in [5, 5.41) is 6.87. The lowest BCUT2D eigenvalue weighted by atomic mass is 9.96. The van der Waals surface area contributed by atoms with Gasteiger partial charge in [0.1, 0.15) is 6.04 Å². The maximum Gasteiger partial charge on any atom is 0.321 e. The zero-order valence-electron chi connectivity index (χ0n) is 27.4. The number of amides is 5. The molecule has 2 N–H and O–H groups in total. The largest absolute Gasteiger partial charge is 0.338 e. The highest BCUT2D eigenvalue weighted by atomic mass is 16.2. The summed E-state index contributed by atoms with van der Waals surface area (Å²) in [6, 6.07) is 9.28. The van der Waals surface area contributed by atoms with Gasteiger partial charge in [0, 0.05) is 6.54 Å². The van der Waals surface area contributed by atoms with Gasteiger partial charge in [-0.15, -0.1) is 0 Å². The summed E-state index contributed by atoms with van der Waals surface area (Å²) in [5.41, 5.74) is 0.588. The summed E-state index contributed by atoms with van der Waals surface area (Å²) >= 11 is 0. The SMILES string of the molecule is CCCCCCCCCCCCCCCCCCNC(=O)NC(=O)[C@@H]([C@@H](C)CC)N1C(=O)c2cc3ccccc3cc2C1=O. The molecule has 7 heteroatoms.